The zero-order valence-electron chi connectivity index (χ0n) is 5.51. The fraction of sp³-hybridized carbons (Fsp3) is 0.750. The molecule has 0 radical (unpaired) electrons. The summed E-state index contributed by atoms with van der Waals surface area (Å²) in [5.74, 6) is -0.972. The van der Waals surface area contributed by atoms with Gasteiger partial charge in [-0.2, -0.15) is 0 Å². The van der Waals surface area contributed by atoms with Crippen molar-refractivity contribution in [3.05, 3.63) is 0 Å². The van der Waals surface area contributed by atoms with Gasteiger partial charge in [-0.1, -0.05) is 13.8 Å². The van der Waals surface area contributed by atoms with E-state index in [0.717, 1.165) is 0 Å². The van der Waals surface area contributed by atoms with E-state index in [1.165, 1.54) is 0 Å². The lowest BCUT2D eigenvalue weighted by atomic mass is 10.2. The van der Waals surface area contributed by atoms with Gasteiger partial charge in [-0.05, 0) is 0 Å². The first-order valence-electron chi connectivity index (χ1n) is 2.35. The maximum absolute atomic E-state index is 9.70. The molecule has 0 spiro atoms. The number of aliphatic carboxylic acids is 1. The molecule has 0 fully saturated rings. The third kappa shape index (κ3) is 23.8. The van der Waals surface area contributed by atoms with Crippen molar-refractivity contribution < 1.29 is 14.5 Å². The molecule has 62 valence electrons. The van der Waals surface area contributed by atoms with Gasteiger partial charge in [0.25, 0.3) is 0 Å². The van der Waals surface area contributed by atoms with Crippen molar-refractivity contribution in [3.8, 4) is 0 Å². The van der Waals surface area contributed by atoms with Crippen LogP contribution in [0.25, 0.3) is 0 Å². The van der Waals surface area contributed by atoms with Crippen molar-refractivity contribution >= 4 is 36.9 Å². The smallest absolute Gasteiger partial charge is 0.305 e. The summed E-state index contributed by atoms with van der Waals surface area (Å²) in [6.45, 7) is 3.28. The van der Waals surface area contributed by atoms with E-state index in [1.54, 1.807) is 13.8 Å². The van der Waals surface area contributed by atoms with Crippen molar-refractivity contribution in [3.63, 3.8) is 0 Å². The summed E-state index contributed by atoms with van der Waals surface area (Å²) in [5.41, 5.74) is 0. The number of carboxylic acids is 1. The maximum Gasteiger partial charge on any atom is 0.305 e. The standard InChI is InChI=1S/C4H8O2.Cl2OS/c1-3(2)4(5)6;1-4(2)3/h3H,1-2H3,(H,5,6);. The van der Waals surface area contributed by atoms with Crippen LogP contribution in [0.2, 0.25) is 0 Å². The lowest BCUT2D eigenvalue weighted by Gasteiger charge is -1.89. The van der Waals surface area contributed by atoms with E-state index in [2.05, 4.69) is 21.4 Å². The zero-order chi connectivity index (χ0) is 8.73. The molecule has 10 heavy (non-hydrogen) atoms. The van der Waals surface area contributed by atoms with E-state index in [-0.39, 0.29) is 5.92 Å². The molecule has 3 nitrogen and oxygen atoms in total. The average Bonchev–Trinajstić information content (AvgIpc) is 1.63. The van der Waals surface area contributed by atoms with E-state index in [4.69, 9.17) is 9.66 Å². The second kappa shape index (κ2) is 7.47. The summed E-state index contributed by atoms with van der Waals surface area (Å²) in [7, 11) is 7.36. The quantitative estimate of drug-likeness (QED) is 0.666. The lowest BCUT2D eigenvalue weighted by Crippen LogP contribution is -2.03. The van der Waals surface area contributed by atoms with Gasteiger partial charge >= 0.3 is 5.97 Å². The molecule has 0 saturated carbocycles. The molecular weight excluding hydrogens is 199 g/mol. The predicted molar refractivity (Wildman–Crippen MR) is 42.3 cm³/mol. The van der Waals surface area contributed by atoms with Gasteiger partial charge in [0.1, 0.15) is 0 Å². The largest absolute Gasteiger partial charge is 0.582 e. The molecule has 0 aliphatic carbocycles. The lowest BCUT2D eigenvalue weighted by molar-refractivity contribution is -0.140. The molecule has 0 bridgehead atoms. The molecule has 0 amide bonds. The van der Waals surface area contributed by atoms with Gasteiger partial charge < -0.3 is 9.66 Å². The molecular formula is C4H8Cl2O3S. The zero-order valence-corrected chi connectivity index (χ0v) is 7.83. The Morgan fingerprint density at radius 2 is 1.70 bits per heavy atom. The van der Waals surface area contributed by atoms with Gasteiger partial charge in [-0.25, -0.2) is 0 Å². The van der Waals surface area contributed by atoms with Crippen molar-refractivity contribution in [2.24, 2.45) is 5.92 Å². The van der Waals surface area contributed by atoms with Crippen LogP contribution in [0.1, 0.15) is 13.8 Å². The van der Waals surface area contributed by atoms with Crippen LogP contribution in [0.5, 0.6) is 0 Å². The van der Waals surface area contributed by atoms with Gasteiger partial charge in [-0.3, -0.25) is 4.79 Å². The molecule has 6 heteroatoms. The third-order valence-electron chi connectivity index (χ3n) is 0.494. The molecule has 0 aromatic rings. The highest BCUT2D eigenvalue weighted by Gasteiger charge is 1.99. The minimum absolute atomic E-state index is 0.231. The van der Waals surface area contributed by atoms with Crippen LogP contribution in [-0.2, 0) is 14.4 Å². The summed E-state index contributed by atoms with van der Waals surface area (Å²) in [6.07, 6.45) is 0. The number of halogens is 2. The van der Waals surface area contributed by atoms with E-state index in [9.17, 15) is 4.79 Å². The molecule has 1 N–H and O–H groups in total. The summed E-state index contributed by atoms with van der Waals surface area (Å²) in [4.78, 5) is 9.70. The van der Waals surface area contributed by atoms with Crippen molar-refractivity contribution in [1.82, 2.24) is 0 Å². The Bertz CT molecular complexity index is 93.7. The van der Waals surface area contributed by atoms with Crippen molar-refractivity contribution in [1.29, 1.82) is 0 Å². The predicted octanol–water partition coefficient (Wildman–Crippen LogP) is 1.77. The summed E-state index contributed by atoms with van der Waals surface area (Å²) < 4.78 is 9.09. The molecule has 0 rings (SSSR count). The Labute approximate surface area is 71.5 Å². The molecule has 0 aliphatic heterocycles. The molecule has 0 saturated heterocycles. The first-order valence-corrected chi connectivity index (χ1v) is 5.15. The minimum Gasteiger partial charge on any atom is -0.582 e. The number of carbonyl (C=O) groups is 1. The van der Waals surface area contributed by atoms with Crippen LogP contribution in [0, 0.1) is 5.92 Å². The van der Waals surface area contributed by atoms with Gasteiger partial charge in [-0.15, -0.1) is 0 Å². The van der Waals surface area contributed by atoms with Gasteiger partial charge in [0.05, 0.1) is 5.92 Å². The topological polar surface area (TPSA) is 60.4 Å². The highest BCUT2D eigenvalue weighted by atomic mass is 36.0. The molecule has 0 aromatic heterocycles. The van der Waals surface area contributed by atoms with Crippen LogP contribution in [-0.4, -0.2) is 15.6 Å². The van der Waals surface area contributed by atoms with Crippen LogP contribution in [0.15, 0.2) is 0 Å². The van der Waals surface area contributed by atoms with Crippen molar-refractivity contribution in [2.75, 3.05) is 0 Å². The van der Waals surface area contributed by atoms with E-state index >= 15 is 0 Å². The van der Waals surface area contributed by atoms with Gasteiger partial charge in [0.15, 0.2) is 31.0 Å². The SMILES string of the molecule is CC(C)C(=O)O.[O-][S+](Cl)Cl. The molecule has 0 aromatic carbocycles. The van der Waals surface area contributed by atoms with Crippen molar-refractivity contribution in [2.45, 2.75) is 13.8 Å². The third-order valence-corrected chi connectivity index (χ3v) is 0.494. The Hall–Kier alpha value is 0.360. The first-order chi connectivity index (χ1) is 4.37. The highest BCUT2D eigenvalue weighted by molar-refractivity contribution is 8.31. The number of hydrogen-bond donors (Lipinski definition) is 1. The fourth-order valence-corrected chi connectivity index (χ4v) is 0. The van der Waals surface area contributed by atoms with Crippen LogP contribution in [0.3, 0.4) is 0 Å². The fourth-order valence-electron chi connectivity index (χ4n) is 0. The summed E-state index contributed by atoms with van der Waals surface area (Å²) >= 11 is 0. The molecule has 0 aliphatic rings. The van der Waals surface area contributed by atoms with Crippen LogP contribution < -0.4 is 0 Å². The number of carboxylic acid groups (broad SMARTS) is 1. The van der Waals surface area contributed by atoms with E-state index < -0.39 is 15.6 Å². The highest BCUT2D eigenvalue weighted by Crippen LogP contribution is 1.98. The first kappa shape index (κ1) is 13.0. The summed E-state index contributed by atoms with van der Waals surface area (Å²) in [6, 6.07) is 0. The Balaban J connectivity index is 0. The normalized spacial score (nSPS) is 9.10. The van der Waals surface area contributed by atoms with E-state index in [1.807, 2.05) is 0 Å². The summed E-state index contributed by atoms with van der Waals surface area (Å²) in [5, 5.41) is 7.99. The number of hydrogen-bond acceptors (Lipinski definition) is 2. The maximum atomic E-state index is 9.70. The van der Waals surface area contributed by atoms with Crippen LogP contribution in [0.4, 0.5) is 0 Å². The van der Waals surface area contributed by atoms with Gasteiger partial charge in [0, 0.05) is 0 Å². The second-order valence-electron chi connectivity index (χ2n) is 1.68. The molecule has 0 unspecified atom stereocenters. The van der Waals surface area contributed by atoms with Crippen LogP contribution >= 0.6 is 21.4 Å². The minimum atomic E-state index is -1.67. The average molecular weight is 207 g/mol. The Kier molecular flexibility index (Phi) is 9.70. The second-order valence-corrected chi connectivity index (χ2v) is 4.20. The monoisotopic (exact) mass is 206 g/mol. The number of rotatable bonds is 1. The molecule has 0 atom stereocenters. The van der Waals surface area contributed by atoms with Gasteiger partial charge in [0.2, 0.25) is 0 Å². The molecule has 0 heterocycles. The Morgan fingerprint density at radius 1 is 1.60 bits per heavy atom. The van der Waals surface area contributed by atoms with E-state index in [0.29, 0.717) is 0 Å². The Morgan fingerprint density at radius 3 is 1.70 bits per heavy atom.